The SMILES string of the molecule is O=C(NCC(=O)N1CCN(c2cccc(Cl)c2)CC1)c1cnn2c1[nH]c(=O)c1ccccc12. The number of rotatable bonds is 4. The summed E-state index contributed by atoms with van der Waals surface area (Å²) in [4.78, 5) is 44.4. The third kappa shape index (κ3) is 4.03. The van der Waals surface area contributed by atoms with Crippen LogP contribution in [-0.4, -0.2) is 64.0 Å². The number of hydrogen-bond donors (Lipinski definition) is 2. The van der Waals surface area contributed by atoms with Crippen LogP contribution in [0.25, 0.3) is 16.6 Å². The third-order valence-corrected chi connectivity index (χ3v) is 6.06. The molecule has 0 aliphatic carbocycles. The minimum absolute atomic E-state index is 0.134. The molecule has 2 amide bonds. The number of carbonyl (C=O) groups excluding carboxylic acids is 2. The summed E-state index contributed by atoms with van der Waals surface area (Å²) >= 11 is 6.07. The lowest BCUT2D eigenvalue weighted by molar-refractivity contribution is -0.130. The van der Waals surface area contributed by atoms with Crippen LogP contribution in [0.4, 0.5) is 5.69 Å². The van der Waals surface area contributed by atoms with Gasteiger partial charge in [-0.1, -0.05) is 29.8 Å². The van der Waals surface area contributed by atoms with Gasteiger partial charge in [0.2, 0.25) is 5.91 Å². The van der Waals surface area contributed by atoms with Gasteiger partial charge in [0.15, 0.2) is 0 Å². The molecule has 168 valence electrons. The summed E-state index contributed by atoms with van der Waals surface area (Å²) in [7, 11) is 0. The average molecular weight is 465 g/mol. The molecule has 0 bridgehead atoms. The Hall–Kier alpha value is -3.85. The zero-order valence-electron chi connectivity index (χ0n) is 17.6. The lowest BCUT2D eigenvalue weighted by Gasteiger charge is -2.36. The van der Waals surface area contributed by atoms with E-state index in [-0.39, 0.29) is 23.6 Å². The molecule has 10 heteroatoms. The fraction of sp³-hybridized carbons (Fsp3) is 0.217. The Kier molecular flexibility index (Phi) is 5.47. The van der Waals surface area contributed by atoms with Gasteiger partial charge in [0, 0.05) is 36.9 Å². The zero-order valence-corrected chi connectivity index (χ0v) is 18.4. The van der Waals surface area contributed by atoms with E-state index in [0.717, 1.165) is 5.69 Å². The van der Waals surface area contributed by atoms with Crippen LogP contribution in [0.2, 0.25) is 5.02 Å². The van der Waals surface area contributed by atoms with E-state index in [1.54, 1.807) is 29.2 Å². The van der Waals surface area contributed by atoms with Crippen molar-refractivity contribution >= 4 is 45.7 Å². The molecule has 9 nitrogen and oxygen atoms in total. The van der Waals surface area contributed by atoms with Gasteiger partial charge in [-0.15, -0.1) is 0 Å². The summed E-state index contributed by atoms with van der Waals surface area (Å²) in [5.74, 6) is -0.633. The van der Waals surface area contributed by atoms with Gasteiger partial charge in [-0.2, -0.15) is 5.10 Å². The fourth-order valence-electron chi connectivity index (χ4n) is 4.09. The van der Waals surface area contributed by atoms with Crippen molar-refractivity contribution in [1.29, 1.82) is 0 Å². The minimum Gasteiger partial charge on any atom is -0.368 e. The highest BCUT2D eigenvalue weighted by atomic mass is 35.5. The van der Waals surface area contributed by atoms with Crippen molar-refractivity contribution in [1.82, 2.24) is 24.8 Å². The van der Waals surface area contributed by atoms with E-state index >= 15 is 0 Å². The predicted molar refractivity (Wildman–Crippen MR) is 126 cm³/mol. The summed E-state index contributed by atoms with van der Waals surface area (Å²) in [6.45, 7) is 2.34. The quantitative estimate of drug-likeness (QED) is 0.480. The highest BCUT2D eigenvalue weighted by molar-refractivity contribution is 6.30. The molecule has 1 aliphatic heterocycles. The van der Waals surface area contributed by atoms with Crippen molar-refractivity contribution in [2.24, 2.45) is 0 Å². The lowest BCUT2D eigenvalue weighted by Crippen LogP contribution is -2.51. The number of H-pyrrole nitrogens is 1. The second-order valence-corrected chi connectivity index (χ2v) is 8.26. The molecule has 0 unspecified atom stereocenters. The Labute approximate surface area is 193 Å². The van der Waals surface area contributed by atoms with Gasteiger partial charge in [0.05, 0.1) is 23.6 Å². The third-order valence-electron chi connectivity index (χ3n) is 5.83. The summed E-state index contributed by atoms with van der Waals surface area (Å²) < 4.78 is 1.52. The monoisotopic (exact) mass is 464 g/mol. The van der Waals surface area contributed by atoms with Crippen molar-refractivity contribution in [3.05, 3.63) is 75.7 Å². The van der Waals surface area contributed by atoms with Gasteiger partial charge in [-0.25, -0.2) is 4.52 Å². The van der Waals surface area contributed by atoms with E-state index in [0.29, 0.717) is 47.8 Å². The molecule has 33 heavy (non-hydrogen) atoms. The fourth-order valence-corrected chi connectivity index (χ4v) is 4.28. The number of aromatic amines is 1. The number of anilines is 1. The summed E-state index contributed by atoms with van der Waals surface area (Å²) in [5.41, 5.74) is 1.82. The number of para-hydroxylation sites is 1. The Morgan fingerprint density at radius 3 is 2.64 bits per heavy atom. The predicted octanol–water partition coefficient (Wildman–Crippen LogP) is 1.91. The number of nitrogens with one attached hydrogen (secondary N) is 2. The first-order valence-electron chi connectivity index (χ1n) is 10.6. The van der Waals surface area contributed by atoms with Crippen molar-refractivity contribution < 1.29 is 9.59 Å². The molecule has 1 saturated heterocycles. The van der Waals surface area contributed by atoms with Crippen LogP contribution in [0.5, 0.6) is 0 Å². The van der Waals surface area contributed by atoms with Gasteiger partial charge in [-0.05, 0) is 30.3 Å². The molecule has 5 rings (SSSR count). The van der Waals surface area contributed by atoms with Crippen LogP contribution in [0, 0.1) is 0 Å². The number of amides is 2. The molecule has 1 aliphatic rings. The highest BCUT2D eigenvalue weighted by Gasteiger charge is 2.23. The van der Waals surface area contributed by atoms with E-state index in [2.05, 4.69) is 20.3 Å². The lowest BCUT2D eigenvalue weighted by atomic mass is 10.2. The maximum Gasteiger partial charge on any atom is 0.259 e. The highest BCUT2D eigenvalue weighted by Crippen LogP contribution is 2.21. The molecule has 0 spiro atoms. The maximum absolute atomic E-state index is 12.7. The van der Waals surface area contributed by atoms with E-state index < -0.39 is 5.91 Å². The number of hydrogen-bond acceptors (Lipinski definition) is 5. The van der Waals surface area contributed by atoms with E-state index in [1.807, 2.05) is 24.3 Å². The molecule has 2 aromatic carbocycles. The first-order valence-corrected chi connectivity index (χ1v) is 10.9. The van der Waals surface area contributed by atoms with E-state index in [9.17, 15) is 14.4 Å². The minimum atomic E-state index is -0.471. The number of piperazine rings is 1. The van der Waals surface area contributed by atoms with Crippen molar-refractivity contribution in [3.63, 3.8) is 0 Å². The first-order chi connectivity index (χ1) is 16.0. The molecule has 2 N–H and O–H groups in total. The Bertz CT molecular complexity index is 1420. The van der Waals surface area contributed by atoms with E-state index in [1.165, 1.54) is 10.7 Å². The molecular weight excluding hydrogens is 444 g/mol. The second-order valence-electron chi connectivity index (χ2n) is 7.82. The maximum atomic E-state index is 12.7. The van der Waals surface area contributed by atoms with Crippen LogP contribution in [-0.2, 0) is 4.79 Å². The number of aromatic nitrogens is 3. The van der Waals surface area contributed by atoms with Gasteiger partial charge in [0.1, 0.15) is 11.2 Å². The number of fused-ring (bicyclic) bond motifs is 3. The zero-order chi connectivity index (χ0) is 22.9. The summed E-state index contributed by atoms with van der Waals surface area (Å²) in [5, 5.41) is 8.06. The van der Waals surface area contributed by atoms with Gasteiger partial charge >= 0.3 is 0 Å². The molecule has 1 fully saturated rings. The van der Waals surface area contributed by atoms with Crippen LogP contribution in [0.1, 0.15) is 10.4 Å². The first kappa shape index (κ1) is 21.0. The van der Waals surface area contributed by atoms with Crippen LogP contribution < -0.4 is 15.8 Å². The number of nitrogens with zero attached hydrogens (tertiary/aromatic N) is 4. The van der Waals surface area contributed by atoms with Gasteiger partial charge < -0.3 is 20.1 Å². The van der Waals surface area contributed by atoms with Crippen molar-refractivity contribution in [2.75, 3.05) is 37.6 Å². The van der Waals surface area contributed by atoms with Crippen LogP contribution >= 0.6 is 11.6 Å². The van der Waals surface area contributed by atoms with Crippen molar-refractivity contribution in [2.45, 2.75) is 0 Å². The van der Waals surface area contributed by atoms with Crippen LogP contribution in [0.3, 0.4) is 0 Å². The molecule has 4 aromatic rings. The molecule has 0 radical (unpaired) electrons. The van der Waals surface area contributed by atoms with E-state index in [4.69, 9.17) is 11.6 Å². The standard InChI is InChI=1S/C23H21ClN6O3/c24-15-4-3-5-16(12-15)28-8-10-29(11-9-28)20(31)14-25-22(32)18-13-26-30-19-7-2-1-6-17(19)23(33)27-21(18)30/h1-7,12-13H,8-11,14H2,(H,25,32)(H,27,33). The number of benzene rings is 2. The van der Waals surface area contributed by atoms with Crippen LogP contribution in [0.15, 0.2) is 59.5 Å². The van der Waals surface area contributed by atoms with Gasteiger partial charge in [-0.3, -0.25) is 14.4 Å². The Morgan fingerprint density at radius 1 is 1.06 bits per heavy atom. The second kappa shape index (κ2) is 8.59. The molecular formula is C23H21ClN6O3. The number of halogens is 1. The normalized spacial score (nSPS) is 14.1. The average Bonchev–Trinajstić information content (AvgIpc) is 3.26. The Balaban J connectivity index is 1.23. The topological polar surface area (TPSA) is 103 Å². The molecule has 0 atom stereocenters. The Morgan fingerprint density at radius 2 is 1.85 bits per heavy atom. The van der Waals surface area contributed by atoms with Gasteiger partial charge in [0.25, 0.3) is 11.5 Å². The molecule has 0 saturated carbocycles. The summed E-state index contributed by atoms with van der Waals surface area (Å²) in [6.07, 6.45) is 1.39. The smallest absolute Gasteiger partial charge is 0.259 e. The number of carbonyl (C=O) groups is 2. The molecule has 2 aromatic heterocycles. The largest absolute Gasteiger partial charge is 0.368 e. The van der Waals surface area contributed by atoms with Crippen molar-refractivity contribution in [3.8, 4) is 0 Å². The molecule has 3 heterocycles. The summed E-state index contributed by atoms with van der Waals surface area (Å²) in [6, 6.07) is 14.7.